The number of amides is 1. The van der Waals surface area contributed by atoms with Gasteiger partial charge >= 0.3 is 0 Å². The number of benzene rings is 1. The predicted octanol–water partition coefficient (Wildman–Crippen LogP) is 3.40. The number of hydrogen-bond acceptors (Lipinski definition) is 6. The van der Waals surface area contributed by atoms with Crippen molar-refractivity contribution >= 4 is 54.1 Å². The molecular formula is C17H14N4O2S2. The first-order valence-electron chi connectivity index (χ1n) is 7.70. The SMILES string of the molecule is Cc1cccc2sc(NC(=O)CCn3cnc4sccc4c3=O)nc12. The zero-order chi connectivity index (χ0) is 17.4. The third-order valence-corrected chi connectivity index (χ3v) is 5.65. The number of thiazole rings is 1. The summed E-state index contributed by atoms with van der Waals surface area (Å²) in [6.45, 7) is 2.28. The number of thiophene rings is 1. The Balaban J connectivity index is 1.47. The molecule has 0 aliphatic carbocycles. The first kappa shape index (κ1) is 15.9. The van der Waals surface area contributed by atoms with E-state index in [9.17, 15) is 9.59 Å². The van der Waals surface area contributed by atoms with Crippen LogP contribution in [0.2, 0.25) is 0 Å². The second-order valence-electron chi connectivity index (χ2n) is 5.62. The number of aromatic nitrogens is 3. The third-order valence-electron chi connectivity index (χ3n) is 3.90. The van der Waals surface area contributed by atoms with E-state index in [4.69, 9.17) is 0 Å². The van der Waals surface area contributed by atoms with Gasteiger partial charge in [-0.2, -0.15) is 0 Å². The molecule has 0 saturated heterocycles. The van der Waals surface area contributed by atoms with Crippen LogP contribution in [0.4, 0.5) is 5.13 Å². The topological polar surface area (TPSA) is 76.9 Å². The molecule has 1 aromatic carbocycles. The molecular weight excluding hydrogens is 356 g/mol. The Morgan fingerprint density at radius 1 is 1.32 bits per heavy atom. The molecule has 0 spiro atoms. The molecule has 0 aliphatic rings. The van der Waals surface area contributed by atoms with Crippen molar-refractivity contribution in [3.63, 3.8) is 0 Å². The Bertz CT molecular complexity index is 1140. The largest absolute Gasteiger partial charge is 0.302 e. The van der Waals surface area contributed by atoms with Crippen LogP contribution in [0.5, 0.6) is 0 Å². The second-order valence-corrected chi connectivity index (χ2v) is 7.55. The number of nitrogens with one attached hydrogen (secondary N) is 1. The minimum absolute atomic E-state index is 0.116. The number of para-hydroxylation sites is 1. The van der Waals surface area contributed by atoms with Gasteiger partial charge in [-0.05, 0) is 30.0 Å². The van der Waals surface area contributed by atoms with Crippen LogP contribution in [0.3, 0.4) is 0 Å². The average Bonchev–Trinajstić information content (AvgIpc) is 3.21. The molecule has 8 heteroatoms. The van der Waals surface area contributed by atoms with Gasteiger partial charge < -0.3 is 5.32 Å². The highest BCUT2D eigenvalue weighted by molar-refractivity contribution is 7.22. The molecule has 25 heavy (non-hydrogen) atoms. The lowest BCUT2D eigenvalue weighted by molar-refractivity contribution is -0.116. The monoisotopic (exact) mass is 370 g/mol. The predicted molar refractivity (Wildman–Crippen MR) is 101 cm³/mol. The Morgan fingerprint density at radius 2 is 2.20 bits per heavy atom. The summed E-state index contributed by atoms with van der Waals surface area (Å²) in [5, 5.41) is 5.82. The summed E-state index contributed by atoms with van der Waals surface area (Å²) < 4.78 is 2.51. The molecule has 0 atom stereocenters. The van der Waals surface area contributed by atoms with E-state index in [0.29, 0.717) is 10.5 Å². The minimum Gasteiger partial charge on any atom is -0.302 e. The first-order chi connectivity index (χ1) is 12.1. The van der Waals surface area contributed by atoms with Gasteiger partial charge in [0.2, 0.25) is 5.91 Å². The molecule has 4 aromatic rings. The lowest BCUT2D eigenvalue weighted by Crippen LogP contribution is -2.23. The summed E-state index contributed by atoms with van der Waals surface area (Å²) in [6.07, 6.45) is 1.68. The summed E-state index contributed by atoms with van der Waals surface area (Å²) in [5.41, 5.74) is 1.87. The van der Waals surface area contributed by atoms with Gasteiger partial charge in [0, 0.05) is 13.0 Å². The zero-order valence-electron chi connectivity index (χ0n) is 13.4. The number of fused-ring (bicyclic) bond motifs is 2. The number of hydrogen-bond donors (Lipinski definition) is 1. The molecule has 0 unspecified atom stereocenters. The van der Waals surface area contributed by atoms with Crippen LogP contribution < -0.4 is 10.9 Å². The number of carbonyl (C=O) groups excluding carboxylic acids is 1. The van der Waals surface area contributed by atoms with Crippen molar-refractivity contribution in [3.8, 4) is 0 Å². The van der Waals surface area contributed by atoms with Crippen LogP contribution in [-0.4, -0.2) is 20.4 Å². The van der Waals surface area contributed by atoms with Crippen molar-refractivity contribution in [2.24, 2.45) is 0 Å². The maximum absolute atomic E-state index is 12.3. The van der Waals surface area contributed by atoms with E-state index in [1.165, 1.54) is 33.6 Å². The van der Waals surface area contributed by atoms with E-state index in [-0.39, 0.29) is 24.4 Å². The molecule has 0 bridgehead atoms. The maximum Gasteiger partial charge on any atom is 0.262 e. The highest BCUT2D eigenvalue weighted by Crippen LogP contribution is 2.27. The maximum atomic E-state index is 12.3. The van der Waals surface area contributed by atoms with E-state index < -0.39 is 0 Å². The molecule has 1 amide bonds. The van der Waals surface area contributed by atoms with Gasteiger partial charge in [-0.15, -0.1) is 11.3 Å². The van der Waals surface area contributed by atoms with Gasteiger partial charge in [0.1, 0.15) is 4.83 Å². The fourth-order valence-electron chi connectivity index (χ4n) is 2.60. The average molecular weight is 370 g/mol. The van der Waals surface area contributed by atoms with Crippen molar-refractivity contribution in [1.29, 1.82) is 0 Å². The Labute approximate surface area is 150 Å². The number of anilines is 1. The molecule has 0 fully saturated rings. The van der Waals surface area contributed by atoms with Crippen molar-refractivity contribution in [3.05, 3.63) is 51.9 Å². The lowest BCUT2D eigenvalue weighted by Gasteiger charge is -2.05. The van der Waals surface area contributed by atoms with E-state index in [1.807, 2.05) is 30.5 Å². The van der Waals surface area contributed by atoms with Crippen LogP contribution in [0.1, 0.15) is 12.0 Å². The molecule has 3 aromatic heterocycles. The normalized spacial score (nSPS) is 11.2. The quantitative estimate of drug-likeness (QED) is 0.597. The Kier molecular flexibility index (Phi) is 4.06. The summed E-state index contributed by atoms with van der Waals surface area (Å²) in [5.74, 6) is -0.172. The van der Waals surface area contributed by atoms with Crippen LogP contribution in [-0.2, 0) is 11.3 Å². The zero-order valence-corrected chi connectivity index (χ0v) is 15.0. The molecule has 0 radical (unpaired) electrons. The summed E-state index contributed by atoms with van der Waals surface area (Å²) in [4.78, 5) is 33.9. The number of aryl methyl sites for hydroxylation is 2. The van der Waals surface area contributed by atoms with Gasteiger partial charge in [0.05, 0.1) is 21.9 Å². The number of nitrogens with zero attached hydrogens (tertiary/aromatic N) is 3. The fourth-order valence-corrected chi connectivity index (χ4v) is 4.28. The second kappa shape index (κ2) is 6.38. The molecule has 0 saturated carbocycles. The summed E-state index contributed by atoms with van der Waals surface area (Å²) in [7, 11) is 0. The Morgan fingerprint density at radius 3 is 3.04 bits per heavy atom. The van der Waals surface area contributed by atoms with Crippen LogP contribution in [0.15, 0.2) is 40.8 Å². The minimum atomic E-state index is -0.172. The van der Waals surface area contributed by atoms with E-state index in [1.54, 1.807) is 6.07 Å². The summed E-state index contributed by atoms with van der Waals surface area (Å²) >= 11 is 2.87. The van der Waals surface area contributed by atoms with Crippen LogP contribution >= 0.6 is 22.7 Å². The summed E-state index contributed by atoms with van der Waals surface area (Å²) in [6, 6.07) is 7.71. The molecule has 0 aliphatic heterocycles. The van der Waals surface area contributed by atoms with Crippen molar-refractivity contribution in [1.82, 2.24) is 14.5 Å². The van der Waals surface area contributed by atoms with Crippen molar-refractivity contribution < 1.29 is 4.79 Å². The highest BCUT2D eigenvalue weighted by Gasteiger charge is 2.11. The van der Waals surface area contributed by atoms with Crippen LogP contribution in [0.25, 0.3) is 20.4 Å². The number of rotatable bonds is 4. The molecule has 126 valence electrons. The van der Waals surface area contributed by atoms with Gasteiger partial charge in [0.15, 0.2) is 5.13 Å². The van der Waals surface area contributed by atoms with Gasteiger partial charge in [0.25, 0.3) is 5.56 Å². The molecule has 4 rings (SSSR count). The van der Waals surface area contributed by atoms with Crippen LogP contribution in [0, 0.1) is 6.92 Å². The molecule has 3 heterocycles. The highest BCUT2D eigenvalue weighted by atomic mass is 32.1. The van der Waals surface area contributed by atoms with E-state index >= 15 is 0 Å². The van der Waals surface area contributed by atoms with E-state index in [0.717, 1.165) is 20.6 Å². The van der Waals surface area contributed by atoms with Gasteiger partial charge in [-0.1, -0.05) is 23.5 Å². The smallest absolute Gasteiger partial charge is 0.262 e. The van der Waals surface area contributed by atoms with Crippen molar-refractivity contribution in [2.75, 3.05) is 5.32 Å². The first-order valence-corrected chi connectivity index (χ1v) is 9.40. The van der Waals surface area contributed by atoms with Gasteiger partial charge in [-0.25, -0.2) is 9.97 Å². The van der Waals surface area contributed by atoms with E-state index in [2.05, 4.69) is 15.3 Å². The number of carbonyl (C=O) groups is 1. The lowest BCUT2D eigenvalue weighted by atomic mass is 10.2. The molecule has 6 nitrogen and oxygen atoms in total. The standard InChI is InChI=1S/C17H14N4O2S2/c1-10-3-2-4-12-14(10)20-17(25-12)19-13(22)5-7-21-9-18-15-11(16(21)23)6-8-24-15/h2-4,6,8-9H,5,7H2,1H3,(H,19,20,22). The third kappa shape index (κ3) is 3.06. The molecule has 1 N–H and O–H groups in total. The van der Waals surface area contributed by atoms with Crippen molar-refractivity contribution in [2.45, 2.75) is 19.9 Å². The van der Waals surface area contributed by atoms with Gasteiger partial charge in [-0.3, -0.25) is 14.2 Å². The Hall–Kier alpha value is -2.58. The fraction of sp³-hybridized carbons (Fsp3) is 0.176.